The van der Waals surface area contributed by atoms with Gasteiger partial charge in [0.05, 0.1) is 5.52 Å². The summed E-state index contributed by atoms with van der Waals surface area (Å²) in [4.78, 5) is 15.5. The van der Waals surface area contributed by atoms with E-state index in [4.69, 9.17) is 4.42 Å². The van der Waals surface area contributed by atoms with E-state index < -0.39 is 0 Å². The topological polar surface area (TPSA) is 60.9 Å². The van der Waals surface area contributed by atoms with Gasteiger partial charge in [-0.3, -0.25) is 4.79 Å². The van der Waals surface area contributed by atoms with Gasteiger partial charge in [0.15, 0.2) is 5.58 Å². The summed E-state index contributed by atoms with van der Waals surface area (Å²) < 4.78 is 7.71. The van der Waals surface area contributed by atoms with Crippen molar-refractivity contribution in [2.24, 2.45) is 0 Å². The summed E-state index contributed by atoms with van der Waals surface area (Å²) in [6.07, 6.45) is 0. The Bertz CT molecular complexity index is 1230. The molecule has 2 heterocycles. The number of fused-ring (bicyclic) bond motifs is 2. The Kier molecular flexibility index (Phi) is 5.04. The highest BCUT2D eigenvalue weighted by molar-refractivity contribution is 9.10. The lowest BCUT2D eigenvalue weighted by molar-refractivity contribution is 0.0919. The van der Waals surface area contributed by atoms with Crippen LogP contribution in [0.5, 0.6) is 0 Å². The number of hydrogen-bond acceptors (Lipinski definition) is 4. The molecule has 0 fully saturated rings. The summed E-state index contributed by atoms with van der Waals surface area (Å²) in [7, 11) is 0. The van der Waals surface area contributed by atoms with Gasteiger partial charge >= 0.3 is 0 Å². The number of carbonyl (C=O) groups excluding carboxylic acids is 1. The lowest BCUT2D eigenvalue weighted by atomic mass is 10.2. The molecule has 0 aliphatic carbocycles. The number of nitrogens with zero attached hydrogens (tertiary/aromatic N) is 3. The molecule has 5 aromatic rings. The molecule has 28 heavy (non-hydrogen) atoms. The average Bonchev–Trinajstić information content (AvgIpc) is 3.31. The van der Waals surface area contributed by atoms with Crippen molar-refractivity contribution in [1.29, 1.82) is 0 Å². The van der Waals surface area contributed by atoms with Gasteiger partial charge in [-0.2, -0.15) is 9.78 Å². The van der Waals surface area contributed by atoms with Crippen LogP contribution in [0.2, 0.25) is 0 Å². The third kappa shape index (κ3) is 3.59. The fraction of sp³-hybridized carbons (Fsp3) is 0.0455. The van der Waals surface area contributed by atoms with E-state index in [1.165, 1.54) is 11.6 Å². The maximum absolute atomic E-state index is 11.1. The standard InChI is InChI=1S/C13H9NO.C9H7BrN2O/c1-2-6-10(7-3-1)13-14-11-8-4-5-9-12(11)15-13;1-6(13)12-9(10)7-4-2-3-5-8(7)11-12/h1-9H;2-5H,1H3. The summed E-state index contributed by atoms with van der Waals surface area (Å²) >= 11 is 3.33. The van der Waals surface area contributed by atoms with Gasteiger partial charge in [-0.15, -0.1) is 0 Å². The van der Waals surface area contributed by atoms with Gasteiger partial charge in [0.2, 0.25) is 11.8 Å². The number of rotatable bonds is 1. The van der Waals surface area contributed by atoms with E-state index in [0.717, 1.165) is 32.2 Å². The Morgan fingerprint density at radius 2 is 1.54 bits per heavy atom. The number of aromatic nitrogens is 3. The van der Waals surface area contributed by atoms with Gasteiger partial charge in [-0.1, -0.05) is 48.5 Å². The number of para-hydroxylation sites is 2. The molecule has 0 radical (unpaired) electrons. The molecule has 0 unspecified atom stereocenters. The molecule has 0 bridgehead atoms. The summed E-state index contributed by atoms with van der Waals surface area (Å²) in [5.74, 6) is 0.583. The van der Waals surface area contributed by atoms with Crippen LogP contribution in [0.1, 0.15) is 11.7 Å². The minimum absolute atomic E-state index is 0.0944. The molecule has 2 aromatic heterocycles. The normalized spacial score (nSPS) is 10.6. The van der Waals surface area contributed by atoms with Crippen LogP contribution in [-0.2, 0) is 0 Å². The summed E-state index contributed by atoms with van der Waals surface area (Å²) in [5, 5.41) is 5.09. The highest BCUT2D eigenvalue weighted by Gasteiger charge is 2.10. The molecule has 0 spiro atoms. The van der Waals surface area contributed by atoms with Crippen molar-refractivity contribution in [3.05, 3.63) is 83.5 Å². The first-order chi connectivity index (χ1) is 13.6. The van der Waals surface area contributed by atoms with Crippen molar-refractivity contribution < 1.29 is 9.21 Å². The van der Waals surface area contributed by atoms with Crippen molar-refractivity contribution >= 4 is 43.8 Å². The quantitative estimate of drug-likeness (QED) is 0.327. The Morgan fingerprint density at radius 1 is 0.893 bits per heavy atom. The van der Waals surface area contributed by atoms with Crippen molar-refractivity contribution in [2.75, 3.05) is 0 Å². The van der Waals surface area contributed by atoms with Crippen molar-refractivity contribution in [3.8, 4) is 11.5 Å². The molecule has 0 aliphatic heterocycles. The first kappa shape index (κ1) is 18.1. The van der Waals surface area contributed by atoms with E-state index in [2.05, 4.69) is 26.0 Å². The SMILES string of the molecule is CC(=O)n1nc2ccccc2c1Br.c1ccc(-c2nc3ccccc3o2)cc1. The zero-order valence-electron chi connectivity index (χ0n) is 15.0. The summed E-state index contributed by atoms with van der Waals surface area (Å²) in [5.41, 5.74) is 3.56. The Balaban J connectivity index is 0.000000139. The number of oxazole rings is 1. The van der Waals surface area contributed by atoms with Crippen LogP contribution in [0.25, 0.3) is 33.5 Å². The Hall–Kier alpha value is -3.25. The van der Waals surface area contributed by atoms with Crippen LogP contribution < -0.4 is 0 Å². The van der Waals surface area contributed by atoms with Crippen molar-refractivity contribution in [2.45, 2.75) is 6.92 Å². The minimum atomic E-state index is -0.0944. The van der Waals surface area contributed by atoms with E-state index in [1.807, 2.05) is 78.9 Å². The highest BCUT2D eigenvalue weighted by atomic mass is 79.9. The van der Waals surface area contributed by atoms with E-state index >= 15 is 0 Å². The van der Waals surface area contributed by atoms with Gasteiger partial charge in [-0.05, 0) is 46.3 Å². The molecule has 5 rings (SSSR count). The number of halogens is 1. The average molecular weight is 434 g/mol. The molecule has 0 amide bonds. The lowest BCUT2D eigenvalue weighted by Crippen LogP contribution is -2.07. The third-order valence-corrected chi connectivity index (χ3v) is 4.90. The van der Waals surface area contributed by atoms with Crippen molar-refractivity contribution in [1.82, 2.24) is 14.8 Å². The molecule has 5 nitrogen and oxygen atoms in total. The van der Waals surface area contributed by atoms with Crippen LogP contribution in [0.15, 0.2) is 87.9 Å². The Morgan fingerprint density at radius 3 is 2.21 bits per heavy atom. The first-order valence-electron chi connectivity index (χ1n) is 8.68. The molecular formula is C22H16BrN3O2. The van der Waals surface area contributed by atoms with E-state index in [9.17, 15) is 4.79 Å². The maximum atomic E-state index is 11.1. The minimum Gasteiger partial charge on any atom is -0.436 e. The van der Waals surface area contributed by atoms with Crippen LogP contribution in [0.4, 0.5) is 0 Å². The van der Waals surface area contributed by atoms with Gasteiger partial charge in [0.25, 0.3) is 0 Å². The van der Waals surface area contributed by atoms with Crippen LogP contribution in [0, 0.1) is 0 Å². The molecule has 0 N–H and O–H groups in total. The first-order valence-corrected chi connectivity index (χ1v) is 9.48. The molecule has 0 saturated heterocycles. The summed E-state index contributed by atoms with van der Waals surface area (Å²) in [6.45, 7) is 1.48. The molecule has 0 atom stereocenters. The number of carbonyl (C=O) groups is 1. The zero-order valence-corrected chi connectivity index (χ0v) is 16.6. The predicted molar refractivity (Wildman–Crippen MR) is 113 cm³/mol. The molecule has 6 heteroatoms. The second-order valence-electron chi connectivity index (χ2n) is 6.09. The monoisotopic (exact) mass is 433 g/mol. The van der Waals surface area contributed by atoms with E-state index in [-0.39, 0.29) is 5.91 Å². The van der Waals surface area contributed by atoms with Crippen LogP contribution in [-0.4, -0.2) is 20.7 Å². The largest absolute Gasteiger partial charge is 0.436 e. The molecule has 0 saturated carbocycles. The van der Waals surface area contributed by atoms with E-state index in [1.54, 1.807) is 0 Å². The lowest BCUT2D eigenvalue weighted by Gasteiger charge is -1.93. The second kappa shape index (κ2) is 7.78. The second-order valence-corrected chi connectivity index (χ2v) is 6.84. The van der Waals surface area contributed by atoms with Crippen molar-refractivity contribution in [3.63, 3.8) is 0 Å². The maximum Gasteiger partial charge on any atom is 0.244 e. The zero-order chi connectivity index (χ0) is 19.5. The predicted octanol–water partition coefficient (Wildman–Crippen LogP) is 5.95. The Labute approximate surface area is 169 Å². The number of hydrogen-bond donors (Lipinski definition) is 0. The molecule has 3 aromatic carbocycles. The highest BCUT2D eigenvalue weighted by Crippen LogP contribution is 2.24. The summed E-state index contributed by atoms with van der Waals surface area (Å²) in [6, 6.07) is 25.3. The smallest absolute Gasteiger partial charge is 0.244 e. The van der Waals surface area contributed by atoms with Crippen LogP contribution >= 0.6 is 15.9 Å². The van der Waals surface area contributed by atoms with Gasteiger partial charge < -0.3 is 4.42 Å². The third-order valence-electron chi connectivity index (χ3n) is 4.13. The van der Waals surface area contributed by atoms with Gasteiger partial charge in [0.1, 0.15) is 10.1 Å². The molecular weight excluding hydrogens is 418 g/mol. The fourth-order valence-corrected chi connectivity index (χ4v) is 3.45. The molecule has 138 valence electrons. The number of benzene rings is 3. The fourth-order valence-electron chi connectivity index (χ4n) is 2.79. The molecule has 0 aliphatic rings. The van der Waals surface area contributed by atoms with Crippen LogP contribution in [0.3, 0.4) is 0 Å². The van der Waals surface area contributed by atoms with Gasteiger partial charge in [-0.25, -0.2) is 4.98 Å². The van der Waals surface area contributed by atoms with E-state index in [0.29, 0.717) is 5.89 Å². The van der Waals surface area contributed by atoms with Gasteiger partial charge in [0, 0.05) is 17.9 Å².